The molecule has 0 bridgehead atoms. The second-order valence-corrected chi connectivity index (χ2v) is 9.52. The molecule has 0 spiro atoms. The average molecular weight is 538 g/mol. The average Bonchev–Trinajstić information content (AvgIpc) is 3.21. The van der Waals surface area contributed by atoms with Crippen LogP contribution in [0.15, 0.2) is 71.9 Å². The van der Waals surface area contributed by atoms with Gasteiger partial charge in [-0.15, -0.1) is 10.2 Å². The number of aromatic nitrogens is 3. The third-order valence-electron chi connectivity index (χ3n) is 4.65. The molecular formula is C23H16Cl4N4OS. The van der Waals surface area contributed by atoms with Gasteiger partial charge in [0.1, 0.15) is 0 Å². The Labute approximate surface area is 215 Å². The van der Waals surface area contributed by atoms with Gasteiger partial charge in [-0.05, 0) is 42.0 Å². The molecule has 10 heteroatoms. The van der Waals surface area contributed by atoms with E-state index in [1.165, 1.54) is 17.8 Å². The molecule has 0 atom stereocenters. The molecular weight excluding hydrogens is 522 g/mol. The van der Waals surface area contributed by atoms with Gasteiger partial charge in [-0.25, -0.2) is 0 Å². The monoisotopic (exact) mass is 536 g/mol. The van der Waals surface area contributed by atoms with E-state index in [9.17, 15) is 4.79 Å². The smallest absolute Gasteiger partial charge is 0.251 e. The van der Waals surface area contributed by atoms with Gasteiger partial charge in [0.15, 0.2) is 11.0 Å². The highest BCUT2D eigenvalue weighted by atomic mass is 35.5. The van der Waals surface area contributed by atoms with Crippen LogP contribution in [0.3, 0.4) is 0 Å². The first-order valence-electron chi connectivity index (χ1n) is 9.72. The summed E-state index contributed by atoms with van der Waals surface area (Å²) in [6.45, 7) is 0.122. The summed E-state index contributed by atoms with van der Waals surface area (Å²) in [6.07, 6.45) is 0. The third-order valence-corrected chi connectivity index (χ3v) is 6.93. The van der Waals surface area contributed by atoms with E-state index < -0.39 is 0 Å². The lowest BCUT2D eigenvalue weighted by Crippen LogP contribution is -2.24. The second kappa shape index (κ2) is 10.8. The number of rotatable bonds is 7. The Balaban J connectivity index is 1.60. The molecule has 168 valence electrons. The van der Waals surface area contributed by atoms with Crippen molar-refractivity contribution >= 4 is 64.1 Å². The number of hydrogen-bond donors (Lipinski definition) is 1. The number of thioether (sulfide) groups is 1. The minimum absolute atomic E-state index is 0.122. The summed E-state index contributed by atoms with van der Waals surface area (Å²) in [6, 6.07) is 19.9. The minimum Gasteiger partial charge on any atom is -0.345 e. The molecule has 1 amide bonds. The lowest BCUT2D eigenvalue weighted by atomic mass is 10.2. The summed E-state index contributed by atoms with van der Waals surface area (Å²) in [5.41, 5.74) is 2.20. The third kappa shape index (κ3) is 5.83. The van der Waals surface area contributed by atoms with Gasteiger partial charge in [0.25, 0.3) is 5.91 Å². The van der Waals surface area contributed by atoms with Crippen molar-refractivity contribution in [1.82, 2.24) is 20.1 Å². The number of nitrogens with zero attached hydrogens (tertiary/aromatic N) is 3. The Kier molecular flexibility index (Phi) is 7.83. The van der Waals surface area contributed by atoms with Gasteiger partial charge in [0.2, 0.25) is 0 Å². The fourth-order valence-corrected chi connectivity index (χ4v) is 4.74. The van der Waals surface area contributed by atoms with Crippen molar-refractivity contribution in [3.8, 4) is 5.69 Å². The van der Waals surface area contributed by atoms with E-state index in [1.54, 1.807) is 30.3 Å². The quantitative estimate of drug-likeness (QED) is 0.255. The number of amides is 1. The number of halogens is 4. The molecule has 0 aliphatic heterocycles. The summed E-state index contributed by atoms with van der Waals surface area (Å²) < 4.78 is 1.82. The number of carbonyl (C=O) groups is 1. The summed E-state index contributed by atoms with van der Waals surface area (Å²) in [4.78, 5) is 12.6. The van der Waals surface area contributed by atoms with Crippen LogP contribution in [-0.4, -0.2) is 20.7 Å². The molecule has 1 heterocycles. The first kappa shape index (κ1) is 23.9. The molecule has 5 nitrogen and oxygen atoms in total. The zero-order valence-corrected chi connectivity index (χ0v) is 20.8. The van der Waals surface area contributed by atoms with Crippen LogP contribution in [-0.2, 0) is 12.3 Å². The van der Waals surface area contributed by atoms with Crippen molar-refractivity contribution in [2.24, 2.45) is 0 Å². The maximum Gasteiger partial charge on any atom is 0.251 e. The van der Waals surface area contributed by atoms with Crippen LogP contribution in [0.4, 0.5) is 0 Å². The van der Waals surface area contributed by atoms with Crippen molar-refractivity contribution in [3.05, 3.63) is 104 Å². The highest BCUT2D eigenvalue weighted by molar-refractivity contribution is 7.98. The van der Waals surface area contributed by atoms with Gasteiger partial charge >= 0.3 is 0 Å². The number of benzene rings is 3. The molecule has 33 heavy (non-hydrogen) atoms. The van der Waals surface area contributed by atoms with Crippen LogP contribution in [0.25, 0.3) is 5.69 Å². The highest BCUT2D eigenvalue weighted by Gasteiger charge is 2.18. The minimum atomic E-state index is -0.316. The van der Waals surface area contributed by atoms with E-state index in [1.807, 2.05) is 34.9 Å². The van der Waals surface area contributed by atoms with E-state index >= 15 is 0 Å². The molecule has 0 saturated carbocycles. The molecule has 3 aromatic carbocycles. The maximum atomic E-state index is 12.6. The molecule has 0 fully saturated rings. The number of nitrogens with one attached hydrogen (secondary N) is 1. The van der Waals surface area contributed by atoms with Crippen LogP contribution in [0.1, 0.15) is 21.7 Å². The SMILES string of the molecule is O=C(NCc1nnc(SCc2ccccc2)n1-c1ccc(Cl)cc1Cl)c1ccc(Cl)c(Cl)c1. The van der Waals surface area contributed by atoms with E-state index in [-0.39, 0.29) is 12.5 Å². The molecule has 0 aliphatic rings. The molecule has 4 rings (SSSR count). The van der Waals surface area contributed by atoms with Gasteiger partial charge in [-0.3, -0.25) is 9.36 Å². The lowest BCUT2D eigenvalue weighted by Gasteiger charge is -2.13. The normalized spacial score (nSPS) is 10.9. The van der Waals surface area contributed by atoms with Crippen LogP contribution >= 0.6 is 58.2 Å². The Bertz CT molecular complexity index is 1300. The van der Waals surface area contributed by atoms with Gasteiger partial charge in [-0.2, -0.15) is 0 Å². The van der Waals surface area contributed by atoms with Gasteiger partial charge < -0.3 is 5.32 Å². The first-order valence-corrected chi connectivity index (χ1v) is 12.2. The van der Waals surface area contributed by atoms with Crippen molar-refractivity contribution < 1.29 is 4.79 Å². The maximum absolute atomic E-state index is 12.6. The summed E-state index contributed by atoms with van der Waals surface area (Å²) in [5.74, 6) is 0.895. The Morgan fingerprint density at radius 3 is 2.39 bits per heavy atom. The lowest BCUT2D eigenvalue weighted by molar-refractivity contribution is 0.0949. The van der Waals surface area contributed by atoms with Gasteiger partial charge in [0.05, 0.1) is 27.3 Å². The van der Waals surface area contributed by atoms with Crippen LogP contribution < -0.4 is 5.32 Å². The predicted octanol–water partition coefficient (Wildman–Crippen LogP) is 7.10. The van der Waals surface area contributed by atoms with Gasteiger partial charge in [-0.1, -0.05) is 88.5 Å². The Morgan fingerprint density at radius 2 is 1.67 bits per heavy atom. The van der Waals surface area contributed by atoms with Crippen LogP contribution in [0.2, 0.25) is 20.1 Å². The zero-order valence-electron chi connectivity index (χ0n) is 16.9. The standard InChI is InChI=1S/C23H16Cl4N4OS/c24-16-7-9-20(19(27)11-16)31-21(12-28-22(32)15-6-8-17(25)18(26)10-15)29-30-23(31)33-13-14-4-2-1-3-5-14/h1-11H,12-13H2,(H,28,32). The predicted molar refractivity (Wildman–Crippen MR) is 135 cm³/mol. The van der Waals surface area contributed by atoms with Crippen molar-refractivity contribution in [2.75, 3.05) is 0 Å². The molecule has 1 N–H and O–H groups in total. The summed E-state index contributed by atoms with van der Waals surface area (Å²) in [5, 5.41) is 13.8. The van der Waals surface area contributed by atoms with Crippen LogP contribution in [0, 0.1) is 0 Å². The second-order valence-electron chi connectivity index (χ2n) is 6.92. The fourth-order valence-electron chi connectivity index (χ4n) is 3.03. The molecule has 0 saturated heterocycles. The molecule has 1 aromatic heterocycles. The topological polar surface area (TPSA) is 59.8 Å². The van der Waals surface area contributed by atoms with E-state index in [2.05, 4.69) is 15.5 Å². The van der Waals surface area contributed by atoms with E-state index in [0.717, 1.165) is 5.56 Å². The molecule has 0 radical (unpaired) electrons. The van der Waals surface area contributed by atoms with Crippen molar-refractivity contribution in [3.63, 3.8) is 0 Å². The molecule has 4 aromatic rings. The van der Waals surface area contributed by atoms with Crippen LogP contribution in [0.5, 0.6) is 0 Å². The van der Waals surface area contributed by atoms with Crippen molar-refractivity contribution in [2.45, 2.75) is 17.5 Å². The van der Waals surface area contributed by atoms with Gasteiger partial charge in [0, 0.05) is 16.3 Å². The highest BCUT2D eigenvalue weighted by Crippen LogP contribution is 2.31. The summed E-state index contributed by atoms with van der Waals surface area (Å²) in [7, 11) is 0. The van der Waals surface area contributed by atoms with E-state index in [4.69, 9.17) is 46.4 Å². The van der Waals surface area contributed by atoms with Crippen molar-refractivity contribution in [1.29, 1.82) is 0 Å². The molecule has 0 aliphatic carbocycles. The fraction of sp³-hybridized carbons (Fsp3) is 0.0870. The van der Waals surface area contributed by atoms with E-state index in [0.29, 0.717) is 48.1 Å². The Hall–Kier alpha value is -2.22. The molecule has 0 unspecified atom stereocenters. The number of hydrogen-bond acceptors (Lipinski definition) is 4. The zero-order chi connectivity index (χ0) is 23.4. The Morgan fingerprint density at radius 1 is 0.879 bits per heavy atom. The largest absolute Gasteiger partial charge is 0.345 e. The summed E-state index contributed by atoms with van der Waals surface area (Å²) >= 11 is 26.1. The first-order chi connectivity index (χ1) is 15.9. The number of carbonyl (C=O) groups excluding carboxylic acids is 1.